The minimum atomic E-state index is 0.405. The Bertz CT molecular complexity index is 140. The summed E-state index contributed by atoms with van der Waals surface area (Å²) in [6, 6.07) is 0. The molecule has 2 unspecified atom stereocenters. The first kappa shape index (κ1) is 10.0. The van der Waals surface area contributed by atoms with Crippen LogP contribution in [0.2, 0.25) is 0 Å². The maximum Gasteiger partial charge on any atom is 0.0628 e. The van der Waals surface area contributed by atoms with Crippen LogP contribution in [0.25, 0.3) is 0 Å². The third kappa shape index (κ3) is 2.22. The van der Waals surface area contributed by atoms with Crippen molar-refractivity contribution >= 4 is 0 Å². The molecule has 0 spiro atoms. The smallest absolute Gasteiger partial charge is 0.0628 e. The molecule has 2 atom stereocenters. The van der Waals surface area contributed by atoms with Crippen LogP contribution in [0.1, 0.15) is 47.0 Å². The van der Waals surface area contributed by atoms with Crippen LogP contribution in [0.4, 0.5) is 0 Å². The average Bonchev–Trinajstić information content (AvgIpc) is 1.98. The van der Waals surface area contributed by atoms with E-state index in [1.807, 2.05) is 0 Å². The molecule has 0 amide bonds. The Labute approximate surface area is 76.5 Å². The maximum absolute atomic E-state index is 5.77. The molecule has 1 aliphatic carbocycles. The highest BCUT2D eigenvalue weighted by Crippen LogP contribution is 2.39. The van der Waals surface area contributed by atoms with Crippen LogP contribution in [0.5, 0.6) is 0 Å². The Morgan fingerprint density at radius 3 is 2.67 bits per heavy atom. The van der Waals surface area contributed by atoms with Crippen molar-refractivity contribution < 1.29 is 4.74 Å². The molecular weight excluding hydrogens is 148 g/mol. The fourth-order valence-corrected chi connectivity index (χ4v) is 2.08. The van der Waals surface area contributed by atoms with Crippen LogP contribution in [0.3, 0.4) is 0 Å². The number of ether oxygens (including phenoxy) is 1. The lowest BCUT2D eigenvalue weighted by molar-refractivity contribution is -0.0580. The highest BCUT2D eigenvalue weighted by Gasteiger charge is 2.35. The predicted octanol–water partition coefficient (Wildman–Crippen LogP) is 3.24. The molecule has 1 saturated carbocycles. The molecular formula is C11H22O. The first-order valence-electron chi connectivity index (χ1n) is 5.18. The fraction of sp³-hybridized carbons (Fsp3) is 1.00. The van der Waals surface area contributed by atoms with Crippen LogP contribution in [-0.4, -0.2) is 12.7 Å². The summed E-state index contributed by atoms with van der Waals surface area (Å²) >= 11 is 0. The highest BCUT2D eigenvalue weighted by molar-refractivity contribution is 4.85. The summed E-state index contributed by atoms with van der Waals surface area (Å²) in [6.07, 6.45) is 4.43. The summed E-state index contributed by atoms with van der Waals surface area (Å²) in [4.78, 5) is 0. The van der Waals surface area contributed by atoms with Gasteiger partial charge in [0.2, 0.25) is 0 Å². The topological polar surface area (TPSA) is 9.23 Å². The van der Waals surface area contributed by atoms with Crippen molar-refractivity contribution in [3.05, 3.63) is 0 Å². The normalized spacial score (nSPS) is 35.0. The molecule has 0 aliphatic heterocycles. The van der Waals surface area contributed by atoms with E-state index in [0.29, 0.717) is 11.5 Å². The molecule has 1 rings (SSSR count). The van der Waals surface area contributed by atoms with Gasteiger partial charge in [0.25, 0.3) is 0 Å². The Hall–Kier alpha value is -0.0400. The van der Waals surface area contributed by atoms with Crippen LogP contribution >= 0.6 is 0 Å². The quantitative estimate of drug-likeness (QED) is 0.618. The van der Waals surface area contributed by atoms with Crippen molar-refractivity contribution in [1.82, 2.24) is 0 Å². The summed E-state index contributed by atoms with van der Waals surface area (Å²) in [5.41, 5.74) is 0.405. The van der Waals surface area contributed by atoms with Crippen molar-refractivity contribution in [1.29, 1.82) is 0 Å². The van der Waals surface area contributed by atoms with Crippen molar-refractivity contribution in [3.63, 3.8) is 0 Å². The molecule has 72 valence electrons. The molecule has 0 bridgehead atoms. The summed E-state index contributed by atoms with van der Waals surface area (Å²) in [6.45, 7) is 9.95. The van der Waals surface area contributed by atoms with E-state index in [9.17, 15) is 0 Å². The van der Waals surface area contributed by atoms with Gasteiger partial charge in [0.05, 0.1) is 6.10 Å². The van der Waals surface area contributed by atoms with E-state index in [-0.39, 0.29) is 0 Å². The van der Waals surface area contributed by atoms with E-state index in [2.05, 4.69) is 27.7 Å². The van der Waals surface area contributed by atoms with Crippen LogP contribution in [-0.2, 0) is 4.74 Å². The van der Waals surface area contributed by atoms with Gasteiger partial charge in [0, 0.05) is 6.61 Å². The van der Waals surface area contributed by atoms with E-state index in [4.69, 9.17) is 4.74 Å². The van der Waals surface area contributed by atoms with E-state index < -0.39 is 0 Å². The molecule has 0 aromatic rings. The van der Waals surface area contributed by atoms with Gasteiger partial charge in [-0.25, -0.2) is 0 Å². The molecule has 0 aromatic carbocycles. The van der Waals surface area contributed by atoms with Gasteiger partial charge in [-0.15, -0.1) is 0 Å². The Morgan fingerprint density at radius 1 is 1.42 bits per heavy atom. The third-order valence-electron chi connectivity index (χ3n) is 3.14. The second-order valence-electron chi connectivity index (χ2n) is 4.81. The zero-order valence-electron chi connectivity index (χ0n) is 8.89. The van der Waals surface area contributed by atoms with E-state index in [0.717, 1.165) is 12.5 Å². The fourth-order valence-electron chi connectivity index (χ4n) is 2.08. The van der Waals surface area contributed by atoms with E-state index in [1.165, 1.54) is 19.3 Å². The SMILES string of the molecule is CCOC1CC(C)CCC1(C)C. The number of hydrogen-bond donors (Lipinski definition) is 0. The largest absolute Gasteiger partial charge is 0.378 e. The molecule has 1 aliphatic rings. The standard InChI is InChI=1S/C11H22O/c1-5-12-10-8-9(2)6-7-11(10,3)4/h9-10H,5-8H2,1-4H3. The molecule has 0 saturated heterocycles. The predicted molar refractivity (Wildman–Crippen MR) is 52.2 cm³/mol. The minimum absolute atomic E-state index is 0.405. The van der Waals surface area contributed by atoms with Crippen LogP contribution in [0, 0.1) is 11.3 Å². The Kier molecular flexibility index (Phi) is 3.16. The zero-order valence-corrected chi connectivity index (χ0v) is 8.89. The maximum atomic E-state index is 5.77. The summed E-state index contributed by atoms with van der Waals surface area (Å²) in [5, 5.41) is 0. The summed E-state index contributed by atoms with van der Waals surface area (Å²) in [5.74, 6) is 0.856. The number of rotatable bonds is 2. The Morgan fingerprint density at radius 2 is 2.08 bits per heavy atom. The molecule has 0 aromatic heterocycles. The molecule has 1 fully saturated rings. The highest BCUT2D eigenvalue weighted by atomic mass is 16.5. The molecule has 0 radical (unpaired) electrons. The van der Waals surface area contributed by atoms with E-state index in [1.54, 1.807) is 0 Å². The number of hydrogen-bond acceptors (Lipinski definition) is 1. The van der Waals surface area contributed by atoms with Crippen molar-refractivity contribution in [2.45, 2.75) is 53.1 Å². The van der Waals surface area contributed by atoms with Gasteiger partial charge in [0.15, 0.2) is 0 Å². The first-order valence-corrected chi connectivity index (χ1v) is 5.18. The molecule has 1 nitrogen and oxygen atoms in total. The molecule has 1 heteroatoms. The minimum Gasteiger partial charge on any atom is -0.378 e. The van der Waals surface area contributed by atoms with Gasteiger partial charge in [-0.1, -0.05) is 27.2 Å². The van der Waals surface area contributed by atoms with Crippen LogP contribution < -0.4 is 0 Å². The Balaban J connectivity index is 2.52. The summed E-state index contributed by atoms with van der Waals surface area (Å²) < 4.78 is 5.77. The van der Waals surface area contributed by atoms with Gasteiger partial charge in [-0.3, -0.25) is 0 Å². The molecule has 0 N–H and O–H groups in total. The lowest BCUT2D eigenvalue weighted by atomic mass is 9.71. The lowest BCUT2D eigenvalue weighted by Crippen LogP contribution is -2.37. The van der Waals surface area contributed by atoms with Crippen molar-refractivity contribution in [3.8, 4) is 0 Å². The van der Waals surface area contributed by atoms with Gasteiger partial charge >= 0.3 is 0 Å². The first-order chi connectivity index (χ1) is 5.56. The van der Waals surface area contributed by atoms with Gasteiger partial charge < -0.3 is 4.74 Å². The third-order valence-corrected chi connectivity index (χ3v) is 3.14. The van der Waals surface area contributed by atoms with Crippen LogP contribution in [0.15, 0.2) is 0 Å². The average molecular weight is 170 g/mol. The van der Waals surface area contributed by atoms with Crippen molar-refractivity contribution in [2.75, 3.05) is 6.61 Å². The monoisotopic (exact) mass is 170 g/mol. The van der Waals surface area contributed by atoms with Crippen molar-refractivity contribution in [2.24, 2.45) is 11.3 Å². The zero-order chi connectivity index (χ0) is 9.19. The summed E-state index contributed by atoms with van der Waals surface area (Å²) in [7, 11) is 0. The second-order valence-corrected chi connectivity index (χ2v) is 4.81. The second kappa shape index (κ2) is 3.78. The lowest BCUT2D eigenvalue weighted by Gasteiger charge is -2.40. The molecule has 0 heterocycles. The van der Waals surface area contributed by atoms with Gasteiger partial charge in [0.1, 0.15) is 0 Å². The van der Waals surface area contributed by atoms with Gasteiger partial charge in [-0.05, 0) is 31.1 Å². The van der Waals surface area contributed by atoms with E-state index >= 15 is 0 Å². The van der Waals surface area contributed by atoms with Gasteiger partial charge in [-0.2, -0.15) is 0 Å². The molecule has 12 heavy (non-hydrogen) atoms.